The third-order valence-electron chi connectivity index (χ3n) is 3.14. The SMILES string of the molecule is CCCNc1cc(Oc2ccc(C(C)C)cc2)nc(C)n1. The Labute approximate surface area is 126 Å². The molecule has 0 aliphatic carbocycles. The van der Waals surface area contributed by atoms with Crippen molar-refractivity contribution < 1.29 is 4.74 Å². The predicted molar refractivity (Wildman–Crippen MR) is 86.2 cm³/mol. The minimum atomic E-state index is 0.519. The molecule has 21 heavy (non-hydrogen) atoms. The van der Waals surface area contributed by atoms with Gasteiger partial charge in [0, 0.05) is 12.6 Å². The molecule has 0 aliphatic rings. The lowest BCUT2D eigenvalue weighted by Gasteiger charge is -2.10. The summed E-state index contributed by atoms with van der Waals surface area (Å²) in [5, 5.41) is 3.25. The van der Waals surface area contributed by atoms with Crippen LogP contribution >= 0.6 is 0 Å². The molecule has 0 atom stereocenters. The van der Waals surface area contributed by atoms with E-state index in [0.29, 0.717) is 17.6 Å². The number of rotatable bonds is 6. The van der Waals surface area contributed by atoms with Gasteiger partial charge in [-0.15, -0.1) is 0 Å². The highest BCUT2D eigenvalue weighted by Crippen LogP contribution is 2.24. The van der Waals surface area contributed by atoms with Crippen molar-refractivity contribution in [2.24, 2.45) is 0 Å². The average Bonchev–Trinajstić information content (AvgIpc) is 2.45. The fraction of sp³-hybridized carbons (Fsp3) is 0.412. The van der Waals surface area contributed by atoms with E-state index in [1.165, 1.54) is 5.56 Å². The third kappa shape index (κ3) is 4.45. The monoisotopic (exact) mass is 285 g/mol. The maximum Gasteiger partial charge on any atom is 0.224 e. The Balaban J connectivity index is 2.12. The topological polar surface area (TPSA) is 47.0 Å². The summed E-state index contributed by atoms with van der Waals surface area (Å²) in [6.07, 6.45) is 1.05. The van der Waals surface area contributed by atoms with Gasteiger partial charge in [0.15, 0.2) is 0 Å². The zero-order chi connectivity index (χ0) is 15.2. The van der Waals surface area contributed by atoms with Gasteiger partial charge in [-0.1, -0.05) is 32.9 Å². The molecule has 0 fully saturated rings. The number of hydrogen-bond donors (Lipinski definition) is 1. The number of aryl methyl sites for hydroxylation is 1. The molecule has 1 aromatic carbocycles. The van der Waals surface area contributed by atoms with Crippen molar-refractivity contribution in [3.63, 3.8) is 0 Å². The molecule has 0 spiro atoms. The van der Waals surface area contributed by atoms with Crippen LogP contribution in [0.4, 0.5) is 5.82 Å². The van der Waals surface area contributed by atoms with Crippen LogP contribution in [0.2, 0.25) is 0 Å². The second kappa shape index (κ2) is 7.07. The highest BCUT2D eigenvalue weighted by Gasteiger charge is 2.05. The number of anilines is 1. The zero-order valence-electron chi connectivity index (χ0n) is 13.2. The first-order valence-electron chi connectivity index (χ1n) is 7.46. The molecule has 0 radical (unpaired) electrons. The maximum atomic E-state index is 5.82. The lowest BCUT2D eigenvalue weighted by molar-refractivity contribution is 0.460. The summed E-state index contributed by atoms with van der Waals surface area (Å²) >= 11 is 0. The Morgan fingerprint density at radius 1 is 1.14 bits per heavy atom. The summed E-state index contributed by atoms with van der Waals surface area (Å²) < 4.78 is 5.82. The number of aromatic nitrogens is 2. The summed E-state index contributed by atoms with van der Waals surface area (Å²) in [5.74, 6) is 3.38. The fourth-order valence-electron chi connectivity index (χ4n) is 1.98. The van der Waals surface area contributed by atoms with Crippen molar-refractivity contribution in [1.82, 2.24) is 9.97 Å². The summed E-state index contributed by atoms with van der Waals surface area (Å²) in [6, 6.07) is 9.96. The molecule has 0 saturated carbocycles. The summed E-state index contributed by atoms with van der Waals surface area (Å²) in [6.45, 7) is 9.23. The molecule has 0 amide bonds. The van der Waals surface area contributed by atoms with Crippen molar-refractivity contribution in [3.05, 3.63) is 41.7 Å². The first-order valence-corrected chi connectivity index (χ1v) is 7.46. The van der Waals surface area contributed by atoms with Crippen LogP contribution in [0.1, 0.15) is 44.5 Å². The molecule has 0 saturated heterocycles. The van der Waals surface area contributed by atoms with Gasteiger partial charge in [-0.25, -0.2) is 4.98 Å². The van der Waals surface area contributed by atoms with E-state index in [4.69, 9.17) is 4.74 Å². The van der Waals surface area contributed by atoms with Gasteiger partial charge in [0.05, 0.1) is 0 Å². The number of nitrogens with zero attached hydrogens (tertiary/aromatic N) is 2. The molecule has 0 aliphatic heterocycles. The molecule has 4 heteroatoms. The molecule has 0 unspecified atom stereocenters. The molecule has 0 bridgehead atoms. The minimum absolute atomic E-state index is 0.519. The average molecular weight is 285 g/mol. The van der Waals surface area contributed by atoms with Gasteiger partial charge in [0.2, 0.25) is 5.88 Å². The molecule has 112 valence electrons. The van der Waals surface area contributed by atoms with Crippen LogP contribution < -0.4 is 10.1 Å². The first kappa shape index (κ1) is 15.3. The van der Waals surface area contributed by atoms with E-state index in [0.717, 1.165) is 24.5 Å². The van der Waals surface area contributed by atoms with E-state index >= 15 is 0 Å². The van der Waals surface area contributed by atoms with Crippen molar-refractivity contribution in [1.29, 1.82) is 0 Å². The molecule has 1 N–H and O–H groups in total. The largest absolute Gasteiger partial charge is 0.439 e. The molecule has 1 aromatic heterocycles. The Morgan fingerprint density at radius 2 is 1.86 bits per heavy atom. The highest BCUT2D eigenvalue weighted by molar-refractivity contribution is 5.40. The highest BCUT2D eigenvalue weighted by atomic mass is 16.5. The van der Waals surface area contributed by atoms with E-state index in [9.17, 15) is 0 Å². The van der Waals surface area contributed by atoms with E-state index in [1.54, 1.807) is 0 Å². The van der Waals surface area contributed by atoms with Crippen LogP contribution in [0.25, 0.3) is 0 Å². The Morgan fingerprint density at radius 3 is 2.48 bits per heavy atom. The van der Waals surface area contributed by atoms with Crippen LogP contribution in [-0.4, -0.2) is 16.5 Å². The van der Waals surface area contributed by atoms with Gasteiger partial charge in [-0.2, -0.15) is 4.98 Å². The second-order valence-electron chi connectivity index (χ2n) is 5.39. The van der Waals surface area contributed by atoms with Gasteiger partial charge < -0.3 is 10.1 Å². The molecular formula is C17H23N3O. The summed E-state index contributed by atoms with van der Waals surface area (Å²) in [7, 11) is 0. The Bertz CT molecular complexity index is 579. The van der Waals surface area contributed by atoms with Crippen molar-refractivity contribution in [2.75, 3.05) is 11.9 Å². The second-order valence-corrected chi connectivity index (χ2v) is 5.39. The standard InChI is InChI=1S/C17H23N3O/c1-5-10-18-16-11-17(20-13(4)19-16)21-15-8-6-14(7-9-15)12(2)3/h6-9,11-12H,5,10H2,1-4H3,(H,18,19,20). The van der Waals surface area contributed by atoms with E-state index in [-0.39, 0.29) is 0 Å². The maximum absolute atomic E-state index is 5.82. The van der Waals surface area contributed by atoms with Crippen molar-refractivity contribution in [2.45, 2.75) is 40.0 Å². The quantitative estimate of drug-likeness (QED) is 0.847. The van der Waals surface area contributed by atoms with Crippen LogP contribution in [0.5, 0.6) is 11.6 Å². The van der Waals surface area contributed by atoms with E-state index in [2.05, 4.69) is 48.2 Å². The van der Waals surface area contributed by atoms with Gasteiger partial charge in [-0.05, 0) is 37.0 Å². The van der Waals surface area contributed by atoms with E-state index < -0.39 is 0 Å². The van der Waals surface area contributed by atoms with Crippen LogP contribution in [-0.2, 0) is 0 Å². The first-order chi connectivity index (χ1) is 10.1. The zero-order valence-corrected chi connectivity index (χ0v) is 13.2. The van der Waals surface area contributed by atoms with Crippen LogP contribution in [0.15, 0.2) is 30.3 Å². The number of nitrogens with one attached hydrogen (secondary N) is 1. The van der Waals surface area contributed by atoms with Gasteiger partial charge in [0.1, 0.15) is 17.4 Å². The minimum Gasteiger partial charge on any atom is -0.439 e. The summed E-state index contributed by atoms with van der Waals surface area (Å²) in [4.78, 5) is 8.67. The van der Waals surface area contributed by atoms with Crippen LogP contribution in [0.3, 0.4) is 0 Å². The molecule has 2 rings (SSSR count). The Hall–Kier alpha value is -2.10. The Kier molecular flexibility index (Phi) is 5.14. The lowest BCUT2D eigenvalue weighted by atomic mass is 10.0. The smallest absolute Gasteiger partial charge is 0.224 e. The van der Waals surface area contributed by atoms with E-state index in [1.807, 2.05) is 25.1 Å². The number of ether oxygens (including phenoxy) is 1. The third-order valence-corrected chi connectivity index (χ3v) is 3.14. The molecule has 1 heterocycles. The van der Waals surface area contributed by atoms with Crippen molar-refractivity contribution in [3.8, 4) is 11.6 Å². The van der Waals surface area contributed by atoms with Gasteiger partial charge >= 0.3 is 0 Å². The van der Waals surface area contributed by atoms with Crippen molar-refractivity contribution >= 4 is 5.82 Å². The molecular weight excluding hydrogens is 262 g/mol. The predicted octanol–water partition coefficient (Wildman–Crippen LogP) is 4.52. The molecule has 4 nitrogen and oxygen atoms in total. The number of benzene rings is 1. The van der Waals surface area contributed by atoms with Crippen LogP contribution in [0, 0.1) is 6.92 Å². The van der Waals surface area contributed by atoms with Gasteiger partial charge in [0.25, 0.3) is 0 Å². The molecule has 2 aromatic rings. The number of hydrogen-bond acceptors (Lipinski definition) is 4. The lowest BCUT2D eigenvalue weighted by Crippen LogP contribution is -2.04. The normalized spacial score (nSPS) is 10.7. The summed E-state index contributed by atoms with van der Waals surface area (Å²) in [5.41, 5.74) is 1.30. The van der Waals surface area contributed by atoms with Gasteiger partial charge in [-0.3, -0.25) is 0 Å². The fourth-order valence-corrected chi connectivity index (χ4v) is 1.98.